The number of fused-ring (bicyclic) bond motifs is 6. The quantitative estimate of drug-likeness (QED) is 0.395. The van der Waals surface area contributed by atoms with E-state index in [1.54, 1.807) is 11.3 Å². The second-order valence-corrected chi connectivity index (χ2v) is 8.27. The van der Waals surface area contributed by atoms with Gasteiger partial charge in [-0.2, -0.15) is 0 Å². The molecule has 3 heteroatoms. The van der Waals surface area contributed by atoms with E-state index in [-0.39, 0.29) is 0 Å². The molecule has 1 aliphatic carbocycles. The van der Waals surface area contributed by atoms with E-state index in [2.05, 4.69) is 42.5 Å². The fraction of sp³-hybridized carbons (Fsp3) is 0.150. The minimum atomic E-state index is 0.304. The van der Waals surface area contributed by atoms with Crippen molar-refractivity contribution in [3.63, 3.8) is 0 Å². The molecule has 0 fully saturated rings. The van der Waals surface area contributed by atoms with Gasteiger partial charge < -0.3 is 0 Å². The van der Waals surface area contributed by atoms with Crippen LogP contribution in [0.25, 0.3) is 20.2 Å². The van der Waals surface area contributed by atoms with Crippen molar-refractivity contribution in [2.45, 2.75) is 19.3 Å². The summed E-state index contributed by atoms with van der Waals surface area (Å²) in [5.41, 5.74) is 2.37. The summed E-state index contributed by atoms with van der Waals surface area (Å²) in [6.07, 6.45) is 2.37. The SMILES string of the molecule is O=C1CCc2c(sc3ccccc23)Cc2sc3ccccc3c21. The molecule has 5 rings (SSSR count). The number of hydrogen-bond acceptors (Lipinski definition) is 3. The van der Waals surface area contributed by atoms with Crippen LogP contribution in [0, 0.1) is 0 Å². The van der Waals surface area contributed by atoms with E-state index in [9.17, 15) is 4.79 Å². The maximum atomic E-state index is 12.8. The first-order chi connectivity index (χ1) is 11.3. The Morgan fingerprint density at radius 2 is 1.39 bits per heavy atom. The van der Waals surface area contributed by atoms with E-state index >= 15 is 0 Å². The van der Waals surface area contributed by atoms with Crippen LogP contribution < -0.4 is 0 Å². The van der Waals surface area contributed by atoms with Crippen molar-refractivity contribution in [1.29, 1.82) is 0 Å². The van der Waals surface area contributed by atoms with Crippen LogP contribution in [-0.2, 0) is 12.8 Å². The normalized spacial score (nSPS) is 14.5. The molecule has 0 atom stereocenters. The van der Waals surface area contributed by atoms with Crippen molar-refractivity contribution in [2.24, 2.45) is 0 Å². The van der Waals surface area contributed by atoms with E-state index in [4.69, 9.17) is 0 Å². The number of aryl methyl sites for hydroxylation is 1. The van der Waals surface area contributed by atoms with Crippen molar-refractivity contribution in [3.05, 3.63) is 69.4 Å². The number of Topliss-reactive ketones (excluding diaryl/α,β-unsaturated/α-hetero) is 1. The zero-order chi connectivity index (χ0) is 15.4. The topological polar surface area (TPSA) is 17.1 Å². The standard InChI is InChI=1S/C20H14OS2/c21-15-10-9-13-12-5-1-3-7-16(12)22-18(13)11-19-20(15)14-6-2-4-8-17(14)23-19/h1-8H,9-11H2. The van der Waals surface area contributed by atoms with E-state index in [0.717, 1.165) is 23.8 Å². The second kappa shape index (κ2) is 5.02. The third-order valence-electron chi connectivity index (χ3n) is 4.65. The number of thiophene rings is 2. The fourth-order valence-corrected chi connectivity index (χ4v) is 6.19. The zero-order valence-corrected chi connectivity index (χ0v) is 14.1. The van der Waals surface area contributed by atoms with E-state index < -0.39 is 0 Å². The van der Waals surface area contributed by atoms with Gasteiger partial charge in [-0.15, -0.1) is 22.7 Å². The predicted octanol–water partition coefficient (Wildman–Crippen LogP) is 5.84. The third kappa shape index (κ3) is 2.00. The van der Waals surface area contributed by atoms with Gasteiger partial charge >= 0.3 is 0 Å². The van der Waals surface area contributed by atoms with Gasteiger partial charge in [-0.3, -0.25) is 4.79 Å². The molecule has 0 saturated carbocycles. The van der Waals surface area contributed by atoms with Gasteiger partial charge in [-0.1, -0.05) is 36.4 Å². The lowest BCUT2D eigenvalue weighted by atomic mass is 9.94. The molecule has 0 spiro atoms. The van der Waals surface area contributed by atoms with Crippen molar-refractivity contribution >= 4 is 48.6 Å². The lowest BCUT2D eigenvalue weighted by Crippen LogP contribution is -2.07. The molecule has 0 bridgehead atoms. The highest BCUT2D eigenvalue weighted by molar-refractivity contribution is 7.21. The molecule has 1 aliphatic rings. The van der Waals surface area contributed by atoms with E-state index in [1.165, 1.54) is 30.1 Å². The van der Waals surface area contributed by atoms with Crippen molar-refractivity contribution in [2.75, 3.05) is 0 Å². The Hall–Kier alpha value is -1.97. The van der Waals surface area contributed by atoms with Crippen LogP contribution in [0.2, 0.25) is 0 Å². The third-order valence-corrected chi connectivity index (χ3v) is 7.04. The lowest BCUT2D eigenvalue weighted by molar-refractivity contribution is 0.0983. The van der Waals surface area contributed by atoms with Crippen LogP contribution in [0.4, 0.5) is 0 Å². The molecule has 0 saturated heterocycles. The first-order valence-corrected chi connectivity index (χ1v) is 9.47. The molecule has 2 aromatic heterocycles. The highest BCUT2D eigenvalue weighted by Crippen LogP contribution is 2.40. The van der Waals surface area contributed by atoms with Gasteiger partial charge in [0, 0.05) is 42.9 Å². The van der Waals surface area contributed by atoms with Crippen LogP contribution in [0.1, 0.15) is 32.1 Å². The summed E-state index contributed by atoms with van der Waals surface area (Å²) in [7, 11) is 0. The molecule has 2 aromatic carbocycles. The molecule has 0 N–H and O–H groups in total. The molecular formula is C20H14OS2. The molecule has 4 aromatic rings. The molecule has 0 amide bonds. The number of carbonyl (C=O) groups is 1. The average Bonchev–Trinajstić information content (AvgIpc) is 3.08. The van der Waals surface area contributed by atoms with E-state index in [1.807, 2.05) is 17.4 Å². The summed E-state index contributed by atoms with van der Waals surface area (Å²) >= 11 is 3.68. The average molecular weight is 334 g/mol. The Morgan fingerprint density at radius 3 is 2.22 bits per heavy atom. The Morgan fingerprint density at radius 1 is 0.739 bits per heavy atom. The first-order valence-electron chi connectivity index (χ1n) is 7.84. The van der Waals surface area contributed by atoms with Gasteiger partial charge in [-0.25, -0.2) is 0 Å². The molecule has 2 heterocycles. The Balaban J connectivity index is 1.77. The summed E-state index contributed by atoms with van der Waals surface area (Å²) in [5.74, 6) is 0.304. The molecule has 112 valence electrons. The second-order valence-electron chi connectivity index (χ2n) is 6.00. The smallest absolute Gasteiger partial charge is 0.164 e. The van der Waals surface area contributed by atoms with Crippen LogP contribution in [0.5, 0.6) is 0 Å². The molecule has 0 aliphatic heterocycles. The van der Waals surface area contributed by atoms with Gasteiger partial charge in [0.05, 0.1) is 0 Å². The highest BCUT2D eigenvalue weighted by atomic mass is 32.1. The van der Waals surface area contributed by atoms with Gasteiger partial charge in [0.25, 0.3) is 0 Å². The lowest BCUT2D eigenvalue weighted by Gasteiger charge is -2.10. The van der Waals surface area contributed by atoms with Gasteiger partial charge in [0.15, 0.2) is 5.78 Å². The van der Waals surface area contributed by atoms with Gasteiger partial charge in [-0.05, 0) is 29.5 Å². The first kappa shape index (κ1) is 13.5. The zero-order valence-electron chi connectivity index (χ0n) is 12.5. The highest BCUT2D eigenvalue weighted by Gasteiger charge is 2.24. The molecule has 23 heavy (non-hydrogen) atoms. The maximum absolute atomic E-state index is 12.8. The summed E-state index contributed by atoms with van der Waals surface area (Å²) in [4.78, 5) is 15.5. The van der Waals surface area contributed by atoms with E-state index in [0.29, 0.717) is 12.2 Å². The molecule has 0 unspecified atom stereocenters. The van der Waals surface area contributed by atoms with Crippen LogP contribution in [0.15, 0.2) is 48.5 Å². The Bertz CT molecular complexity index is 1070. The van der Waals surface area contributed by atoms with Crippen molar-refractivity contribution in [1.82, 2.24) is 0 Å². The number of hydrogen-bond donors (Lipinski definition) is 0. The summed E-state index contributed by atoms with van der Waals surface area (Å²) in [6.45, 7) is 0. The maximum Gasteiger partial charge on any atom is 0.164 e. The van der Waals surface area contributed by atoms with Crippen molar-refractivity contribution < 1.29 is 4.79 Å². The number of benzene rings is 2. The van der Waals surface area contributed by atoms with Crippen LogP contribution in [-0.4, -0.2) is 5.78 Å². The van der Waals surface area contributed by atoms with Crippen LogP contribution in [0.3, 0.4) is 0 Å². The van der Waals surface area contributed by atoms with Gasteiger partial charge in [0.1, 0.15) is 0 Å². The molecular weight excluding hydrogens is 320 g/mol. The van der Waals surface area contributed by atoms with Gasteiger partial charge in [0.2, 0.25) is 0 Å². The number of ketones is 1. The monoisotopic (exact) mass is 334 g/mol. The summed E-state index contributed by atoms with van der Waals surface area (Å²) < 4.78 is 2.57. The van der Waals surface area contributed by atoms with Crippen LogP contribution >= 0.6 is 22.7 Å². The molecule has 1 nitrogen and oxygen atoms in total. The summed E-state index contributed by atoms with van der Waals surface area (Å²) in [6, 6.07) is 16.9. The molecule has 0 radical (unpaired) electrons. The number of rotatable bonds is 0. The predicted molar refractivity (Wildman–Crippen MR) is 99.1 cm³/mol. The minimum absolute atomic E-state index is 0.304. The summed E-state index contributed by atoms with van der Waals surface area (Å²) in [5, 5.41) is 2.48. The fourth-order valence-electron chi connectivity index (χ4n) is 3.60. The largest absolute Gasteiger partial charge is 0.294 e. The van der Waals surface area contributed by atoms with Crippen molar-refractivity contribution in [3.8, 4) is 0 Å². The number of carbonyl (C=O) groups excluding carboxylic acids is 1. The Labute approximate surface area is 142 Å². The Kier molecular flexibility index (Phi) is 2.94. The minimum Gasteiger partial charge on any atom is -0.294 e.